The number of nitrogens with one attached hydrogen (secondary N) is 1. The van der Waals surface area contributed by atoms with E-state index in [-0.39, 0.29) is 16.2 Å². The molecule has 0 fully saturated rings. The number of rotatable bonds is 6. The number of halogens is 2. The lowest BCUT2D eigenvalue weighted by Crippen LogP contribution is -2.30. The van der Waals surface area contributed by atoms with Gasteiger partial charge in [-0.3, -0.25) is 9.10 Å². The highest BCUT2D eigenvalue weighted by Crippen LogP contribution is 2.34. The molecule has 1 heterocycles. The highest BCUT2D eigenvalue weighted by Gasteiger charge is 2.31. The summed E-state index contributed by atoms with van der Waals surface area (Å²) >= 11 is 0. The van der Waals surface area contributed by atoms with Crippen LogP contribution in [-0.4, -0.2) is 28.0 Å². The van der Waals surface area contributed by atoms with Crippen LogP contribution in [0.2, 0.25) is 0 Å². The third kappa shape index (κ3) is 4.28. The zero-order valence-corrected chi connectivity index (χ0v) is 18.8. The zero-order valence-electron chi connectivity index (χ0n) is 18.0. The Labute approximate surface area is 190 Å². The molecule has 1 aliphatic heterocycles. The molecular weight excluding hydrogens is 450 g/mol. The summed E-state index contributed by atoms with van der Waals surface area (Å²) < 4.78 is 60.1. The fourth-order valence-electron chi connectivity index (χ4n) is 3.85. The molecule has 0 saturated carbocycles. The number of anilines is 1. The number of carbonyl (C=O) groups excluding carboxylic acids is 1. The summed E-state index contributed by atoms with van der Waals surface area (Å²) in [6.45, 7) is 1.92. The molecule has 9 heteroatoms. The number of hydrogen-bond acceptors (Lipinski definition) is 4. The van der Waals surface area contributed by atoms with E-state index >= 15 is 0 Å². The van der Waals surface area contributed by atoms with Crippen molar-refractivity contribution in [3.63, 3.8) is 0 Å². The van der Waals surface area contributed by atoms with Crippen LogP contribution in [0, 0.1) is 11.6 Å². The smallest absolute Gasteiger partial charge is 0.264 e. The Morgan fingerprint density at radius 2 is 1.82 bits per heavy atom. The van der Waals surface area contributed by atoms with Crippen molar-refractivity contribution in [2.24, 2.45) is 0 Å². The van der Waals surface area contributed by atoms with Crippen molar-refractivity contribution in [2.75, 3.05) is 18.0 Å². The Kier molecular flexibility index (Phi) is 6.07. The average molecular weight is 473 g/mol. The molecule has 0 aromatic heterocycles. The van der Waals surface area contributed by atoms with Crippen molar-refractivity contribution >= 4 is 21.6 Å². The lowest BCUT2D eigenvalue weighted by atomic mass is 10.1. The molecule has 0 aliphatic carbocycles. The van der Waals surface area contributed by atoms with Gasteiger partial charge in [0.2, 0.25) is 0 Å². The molecule has 3 aromatic rings. The second kappa shape index (κ2) is 8.82. The molecule has 0 spiro atoms. The van der Waals surface area contributed by atoms with Crippen molar-refractivity contribution < 1.29 is 26.7 Å². The van der Waals surface area contributed by atoms with Crippen molar-refractivity contribution in [2.45, 2.75) is 24.3 Å². The van der Waals surface area contributed by atoms with Crippen LogP contribution in [0.4, 0.5) is 14.5 Å². The van der Waals surface area contributed by atoms with E-state index in [1.165, 1.54) is 35.7 Å². The number of benzene rings is 3. The minimum atomic E-state index is -3.92. The maximum atomic E-state index is 13.6. The first-order valence-electron chi connectivity index (χ1n) is 10.3. The third-order valence-electron chi connectivity index (χ3n) is 5.64. The largest absolute Gasteiger partial charge is 0.496 e. The third-order valence-corrected chi connectivity index (χ3v) is 7.45. The minimum Gasteiger partial charge on any atom is -0.496 e. The molecule has 1 N–H and O–H groups in total. The molecule has 1 aliphatic rings. The van der Waals surface area contributed by atoms with Gasteiger partial charge in [0.15, 0.2) is 11.6 Å². The second-order valence-corrected chi connectivity index (χ2v) is 9.55. The van der Waals surface area contributed by atoms with Gasteiger partial charge in [0.1, 0.15) is 5.75 Å². The summed E-state index contributed by atoms with van der Waals surface area (Å²) in [7, 11) is -2.55. The van der Waals surface area contributed by atoms with Crippen molar-refractivity contribution in [1.82, 2.24) is 5.32 Å². The predicted octanol–water partition coefficient (Wildman–Crippen LogP) is 4.22. The molecule has 4 rings (SSSR count). The average Bonchev–Trinajstić information content (AvgIpc) is 3.25. The van der Waals surface area contributed by atoms with Gasteiger partial charge in [0.25, 0.3) is 15.9 Å². The van der Waals surface area contributed by atoms with Crippen molar-refractivity contribution in [1.29, 1.82) is 0 Å². The van der Waals surface area contributed by atoms with E-state index in [1.807, 2.05) is 12.1 Å². The van der Waals surface area contributed by atoms with Gasteiger partial charge in [-0.2, -0.15) is 0 Å². The fourth-order valence-corrected chi connectivity index (χ4v) is 5.38. The molecule has 3 aromatic carbocycles. The molecule has 0 bridgehead atoms. The summed E-state index contributed by atoms with van der Waals surface area (Å²) in [5.41, 5.74) is 1.93. The highest BCUT2D eigenvalue weighted by molar-refractivity contribution is 7.92. The minimum absolute atomic E-state index is 0.0143. The number of amides is 1. The van der Waals surface area contributed by atoms with E-state index in [0.29, 0.717) is 24.2 Å². The lowest BCUT2D eigenvalue weighted by molar-refractivity contribution is 0.0936. The predicted molar refractivity (Wildman–Crippen MR) is 120 cm³/mol. The Bertz CT molecular complexity index is 1330. The van der Waals surface area contributed by atoms with Gasteiger partial charge in [-0.15, -0.1) is 0 Å². The molecule has 33 heavy (non-hydrogen) atoms. The first kappa shape index (κ1) is 22.7. The molecule has 0 unspecified atom stereocenters. The van der Waals surface area contributed by atoms with Crippen LogP contribution in [0.3, 0.4) is 0 Å². The number of nitrogens with zero attached hydrogens (tertiary/aromatic N) is 1. The number of carbonyl (C=O) groups is 1. The van der Waals surface area contributed by atoms with Crippen LogP contribution >= 0.6 is 0 Å². The van der Waals surface area contributed by atoms with Gasteiger partial charge in [0.05, 0.1) is 29.3 Å². The Hall–Kier alpha value is -3.46. The van der Waals surface area contributed by atoms with E-state index in [1.54, 1.807) is 19.1 Å². The normalized spacial score (nSPS) is 14.0. The van der Waals surface area contributed by atoms with E-state index in [2.05, 4.69) is 5.32 Å². The Morgan fingerprint density at radius 1 is 1.06 bits per heavy atom. The number of fused-ring (bicyclic) bond motifs is 1. The van der Waals surface area contributed by atoms with E-state index in [9.17, 15) is 22.0 Å². The summed E-state index contributed by atoms with van der Waals surface area (Å²) in [6.07, 6.45) is 0.602. The van der Waals surface area contributed by atoms with Crippen LogP contribution in [-0.2, 0) is 16.4 Å². The van der Waals surface area contributed by atoms with Crippen LogP contribution in [0.25, 0.3) is 0 Å². The molecule has 0 saturated heterocycles. The van der Waals surface area contributed by atoms with Gasteiger partial charge in [-0.05, 0) is 60.9 Å². The maximum Gasteiger partial charge on any atom is 0.264 e. The maximum absolute atomic E-state index is 13.6. The van der Waals surface area contributed by atoms with E-state index < -0.39 is 33.6 Å². The second-order valence-electron chi connectivity index (χ2n) is 7.69. The fraction of sp³-hybridized carbons (Fsp3) is 0.208. The molecule has 1 atom stereocenters. The van der Waals surface area contributed by atoms with Gasteiger partial charge in [-0.25, -0.2) is 17.2 Å². The summed E-state index contributed by atoms with van der Waals surface area (Å²) in [6, 6.07) is 14.0. The van der Waals surface area contributed by atoms with E-state index in [0.717, 1.165) is 17.7 Å². The Balaban J connectivity index is 1.64. The molecule has 6 nitrogen and oxygen atoms in total. The number of ether oxygens (including phenoxy) is 1. The summed E-state index contributed by atoms with van der Waals surface area (Å²) in [5.74, 6) is -2.43. The lowest BCUT2D eigenvalue weighted by Gasteiger charge is -2.21. The first-order chi connectivity index (χ1) is 15.7. The number of sulfonamides is 1. The van der Waals surface area contributed by atoms with Crippen LogP contribution in [0.5, 0.6) is 5.75 Å². The van der Waals surface area contributed by atoms with Gasteiger partial charge >= 0.3 is 0 Å². The van der Waals surface area contributed by atoms with Crippen LogP contribution in [0.15, 0.2) is 65.6 Å². The molecular formula is C24H22F2N2O4S. The van der Waals surface area contributed by atoms with Gasteiger partial charge in [0, 0.05) is 6.54 Å². The topological polar surface area (TPSA) is 75.7 Å². The SMILES string of the molecule is COc1ccc(S(=O)(=O)N2CCc3ccccc32)cc1C(=O)N[C@@H](C)c1ccc(F)c(F)c1. The number of methoxy groups -OCH3 is 1. The number of para-hydroxylation sites is 1. The molecule has 0 radical (unpaired) electrons. The summed E-state index contributed by atoms with van der Waals surface area (Å²) in [4.78, 5) is 12.9. The van der Waals surface area contributed by atoms with Crippen molar-refractivity contribution in [3.05, 3.63) is 89.0 Å². The monoisotopic (exact) mass is 472 g/mol. The van der Waals surface area contributed by atoms with Crippen LogP contribution in [0.1, 0.15) is 34.5 Å². The molecule has 172 valence electrons. The highest BCUT2D eigenvalue weighted by atomic mass is 32.2. The van der Waals surface area contributed by atoms with Gasteiger partial charge in [-0.1, -0.05) is 24.3 Å². The number of hydrogen-bond donors (Lipinski definition) is 1. The van der Waals surface area contributed by atoms with Gasteiger partial charge < -0.3 is 10.1 Å². The summed E-state index contributed by atoms with van der Waals surface area (Å²) in [5, 5.41) is 2.68. The standard InChI is InChI=1S/C24H22F2N2O4S/c1-15(17-7-9-20(25)21(26)13-17)27-24(29)19-14-18(8-10-23(19)32-2)33(30,31)28-12-11-16-5-3-4-6-22(16)28/h3-10,13-15H,11-12H2,1-2H3,(H,27,29)/t15-/m0/s1. The first-order valence-corrected chi connectivity index (χ1v) is 11.7. The van der Waals surface area contributed by atoms with Crippen molar-refractivity contribution in [3.8, 4) is 5.75 Å². The quantitative estimate of drug-likeness (QED) is 0.583. The van der Waals surface area contributed by atoms with Crippen LogP contribution < -0.4 is 14.4 Å². The molecule has 1 amide bonds. The zero-order chi connectivity index (χ0) is 23.8. The van der Waals surface area contributed by atoms with E-state index in [4.69, 9.17) is 4.74 Å². The Morgan fingerprint density at radius 3 is 2.55 bits per heavy atom.